The highest BCUT2D eigenvalue weighted by atomic mass is 19.1. The van der Waals surface area contributed by atoms with Gasteiger partial charge in [-0.15, -0.1) is 0 Å². The van der Waals surface area contributed by atoms with E-state index in [-0.39, 0.29) is 12.1 Å². The van der Waals surface area contributed by atoms with E-state index in [9.17, 15) is 0 Å². The second-order valence-corrected chi connectivity index (χ2v) is 9.30. The minimum Gasteiger partial charge on any atom is -0.388 e. The van der Waals surface area contributed by atoms with Gasteiger partial charge in [-0.2, -0.15) is 0 Å². The normalized spacial score (nSPS) is 18.0. The molecule has 0 saturated carbocycles. The second kappa shape index (κ2) is 11.4. The fourth-order valence-electron chi connectivity index (χ4n) is 4.76. The molecule has 0 atom stereocenters. The van der Waals surface area contributed by atoms with Crippen LogP contribution in [0.1, 0.15) is 24.1 Å². The molecule has 2 aliphatic rings. The molecule has 1 aromatic heterocycles. The van der Waals surface area contributed by atoms with E-state index in [0.717, 1.165) is 31.5 Å². The van der Waals surface area contributed by atoms with E-state index < -0.39 is 11.6 Å². The molecule has 190 valence electrons. The first-order chi connectivity index (χ1) is 17.6. The molecule has 3 aromatic rings. The molecular weight excluding hydrogens is 462 g/mol. The lowest BCUT2D eigenvalue weighted by atomic mass is 10.0. The largest absolute Gasteiger partial charge is 0.388 e. The van der Waals surface area contributed by atoms with E-state index >= 15 is 8.78 Å². The molecule has 2 aromatic carbocycles. The fourth-order valence-corrected chi connectivity index (χ4v) is 4.76. The zero-order chi connectivity index (χ0) is 24.9. The van der Waals surface area contributed by atoms with Crippen LogP contribution in [0.5, 0.6) is 0 Å². The van der Waals surface area contributed by atoms with E-state index in [1.54, 1.807) is 6.20 Å². The van der Waals surface area contributed by atoms with Gasteiger partial charge in [-0.3, -0.25) is 9.88 Å². The minimum atomic E-state index is -0.564. The van der Waals surface area contributed by atoms with Gasteiger partial charge in [0.25, 0.3) is 0 Å². The van der Waals surface area contributed by atoms with Crippen LogP contribution in [0.25, 0.3) is 27.7 Å². The standard InChI is InChI=1S/C27H32F2N6O/c28-23-12-18(13-24(29)22(23)17-35-8-10-36-11-9-35)21-2-1-3-25-27(21)34-26(16-33-25)19(14-30)15-32-20-4-6-31-7-5-20/h1-3,12-13,15-16,20,31-32H,4-11,14,17,30H2/b19-15+. The molecule has 0 aliphatic carbocycles. The van der Waals surface area contributed by atoms with E-state index in [0.29, 0.717) is 66.7 Å². The number of hydrogen-bond donors (Lipinski definition) is 3. The van der Waals surface area contributed by atoms with Crippen molar-refractivity contribution in [2.75, 3.05) is 45.9 Å². The zero-order valence-electron chi connectivity index (χ0n) is 20.3. The molecule has 0 unspecified atom stereocenters. The Hall–Kier alpha value is -2.98. The lowest BCUT2D eigenvalue weighted by molar-refractivity contribution is 0.0332. The number of rotatable bonds is 7. The highest BCUT2D eigenvalue weighted by molar-refractivity contribution is 5.92. The van der Waals surface area contributed by atoms with Gasteiger partial charge in [0.2, 0.25) is 0 Å². The number of fused-ring (bicyclic) bond motifs is 1. The fraction of sp³-hybridized carbons (Fsp3) is 0.407. The van der Waals surface area contributed by atoms with Crippen molar-refractivity contribution in [1.82, 2.24) is 25.5 Å². The molecule has 2 fully saturated rings. The number of piperidine rings is 1. The summed E-state index contributed by atoms with van der Waals surface area (Å²) in [5.41, 5.74) is 9.88. The minimum absolute atomic E-state index is 0.0741. The molecule has 0 spiro atoms. The number of halogens is 2. The number of ether oxygens (including phenoxy) is 1. The third-order valence-corrected chi connectivity index (χ3v) is 6.89. The van der Waals surface area contributed by atoms with Gasteiger partial charge in [-0.1, -0.05) is 12.1 Å². The van der Waals surface area contributed by atoms with Crippen molar-refractivity contribution in [3.05, 3.63) is 65.6 Å². The Morgan fingerprint density at radius 3 is 2.64 bits per heavy atom. The SMILES string of the molecule is NC/C(=C\NC1CCNCC1)c1cnc2cccc(-c3cc(F)c(CN4CCOCC4)c(F)c3)c2n1. The molecule has 0 radical (unpaired) electrons. The van der Waals surface area contributed by atoms with Crippen LogP contribution in [-0.2, 0) is 11.3 Å². The monoisotopic (exact) mass is 494 g/mol. The second-order valence-electron chi connectivity index (χ2n) is 9.30. The van der Waals surface area contributed by atoms with Crippen molar-refractivity contribution in [2.45, 2.75) is 25.4 Å². The van der Waals surface area contributed by atoms with Crippen LogP contribution >= 0.6 is 0 Å². The average molecular weight is 495 g/mol. The van der Waals surface area contributed by atoms with Crippen LogP contribution in [0.3, 0.4) is 0 Å². The number of aromatic nitrogens is 2. The van der Waals surface area contributed by atoms with Gasteiger partial charge in [0.05, 0.1) is 36.1 Å². The maximum absolute atomic E-state index is 15.1. The number of hydrogen-bond acceptors (Lipinski definition) is 7. The molecule has 3 heterocycles. The van der Waals surface area contributed by atoms with Gasteiger partial charge in [0.1, 0.15) is 11.6 Å². The maximum Gasteiger partial charge on any atom is 0.131 e. The van der Waals surface area contributed by atoms with Crippen LogP contribution in [0.4, 0.5) is 8.78 Å². The van der Waals surface area contributed by atoms with E-state index in [2.05, 4.69) is 15.6 Å². The van der Waals surface area contributed by atoms with Crippen LogP contribution in [0.15, 0.2) is 42.7 Å². The predicted octanol–water partition coefficient (Wildman–Crippen LogP) is 3.05. The van der Waals surface area contributed by atoms with Gasteiger partial charge >= 0.3 is 0 Å². The lowest BCUT2D eigenvalue weighted by Crippen LogP contribution is -2.37. The first-order valence-electron chi connectivity index (χ1n) is 12.5. The Balaban J connectivity index is 1.45. The predicted molar refractivity (Wildman–Crippen MR) is 137 cm³/mol. The molecule has 7 nitrogen and oxygen atoms in total. The average Bonchev–Trinajstić information content (AvgIpc) is 2.92. The van der Waals surface area contributed by atoms with E-state index in [4.69, 9.17) is 15.5 Å². The van der Waals surface area contributed by atoms with E-state index in [1.807, 2.05) is 29.3 Å². The molecule has 2 aliphatic heterocycles. The lowest BCUT2D eigenvalue weighted by Gasteiger charge is -2.27. The van der Waals surface area contributed by atoms with Gasteiger partial charge in [-0.25, -0.2) is 13.8 Å². The van der Waals surface area contributed by atoms with Gasteiger partial charge in [0, 0.05) is 55.1 Å². The summed E-state index contributed by atoms with van der Waals surface area (Å²) in [7, 11) is 0. The van der Waals surface area contributed by atoms with Crippen LogP contribution < -0.4 is 16.4 Å². The summed E-state index contributed by atoms with van der Waals surface area (Å²) in [4.78, 5) is 11.4. The number of nitrogens with one attached hydrogen (secondary N) is 2. The van der Waals surface area contributed by atoms with Crippen LogP contribution in [0.2, 0.25) is 0 Å². The smallest absolute Gasteiger partial charge is 0.131 e. The Morgan fingerprint density at radius 2 is 1.92 bits per heavy atom. The molecule has 5 rings (SSSR count). The Bertz CT molecular complexity index is 1220. The number of morpholine rings is 1. The van der Waals surface area contributed by atoms with Crippen molar-refractivity contribution in [1.29, 1.82) is 0 Å². The topological polar surface area (TPSA) is 88.3 Å². The molecule has 36 heavy (non-hydrogen) atoms. The van der Waals surface area contributed by atoms with E-state index in [1.165, 1.54) is 12.1 Å². The summed E-state index contributed by atoms with van der Waals surface area (Å²) in [5.74, 6) is -1.13. The van der Waals surface area contributed by atoms with Crippen LogP contribution in [-0.4, -0.2) is 66.8 Å². The van der Waals surface area contributed by atoms with Crippen molar-refractivity contribution < 1.29 is 13.5 Å². The number of para-hydroxylation sites is 1. The summed E-state index contributed by atoms with van der Waals surface area (Å²) in [6.07, 6.45) is 5.71. The van der Waals surface area contributed by atoms with Crippen molar-refractivity contribution in [3.8, 4) is 11.1 Å². The molecule has 0 bridgehead atoms. The van der Waals surface area contributed by atoms with Crippen molar-refractivity contribution >= 4 is 16.6 Å². The van der Waals surface area contributed by atoms with Crippen LogP contribution in [0, 0.1) is 11.6 Å². The number of benzene rings is 2. The summed E-state index contributed by atoms with van der Waals surface area (Å²) in [5, 5.41) is 6.81. The third kappa shape index (κ3) is 5.54. The van der Waals surface area contributed by atoms with Gasteiger partial charge < -0.3 is 21.1 Å². The third-order valence-electron chi connectivity index (χ3n) is 6.89. The first kappa shape index (κ1) is 24.7. The summed E-state index contributed by atoms with van der Waals surface area (Å²) >= 11 is 0. The maximum atomic E-state index is 15.1. The Morgan fingerprint density at radius 1 is 1.17 bits per heavy atom. The molecule has 4 N–H and O–H groups in total. The van der Waals surface area contributed by atoms with Gasteiger partial charge in [-0.05, 0) is 49.7 Å². The molecule has 0 amide bonds. The summed E-state index contributed by atoms with van der Waals surface area (Å²) in [6.45, 7) is 4.95. The highest BCUT2D eigenvalue weighted by Gasteiger charge is 2.19. The Kier molecular flexibility index (Phi) is 7.81. The highest BCUT2D eigenvalue weighted by Crippen LogP contribution is 2.30. The number of nitrogens with two attached hydrogens (primary N) is 1. The number of nitrogens with zero attached hydrogens (tertiary/aromatic N) is 3. The van der Waals surface area contributed by atoms with Crippen molar-refractivity contribution in [2.24, 2.45) is 5.73 Å². The summed E-state index contributed by atoms with van der Waals surface area (Å²) < 4.78 is 35.6. The quantitative estimate of drug-likeness (QED) is 0.465. The summed E-state index contributed by atoms with van der Waals surface area (Å²) in [6, 6.07) is 8.64. The molecule has 2 saturated heterocycles. The van der Waals surface area contributed by atoms with Crippen molar-refractivity contribution in [3.63, 3.8) is 0 Å². The molecule has 9 heteroatoms. The van der Waals surface area contributed by atoms with Gasteiger partial charge in [0.15, 0.2) is 0 Å². The Labute approximate surface area is 209 Å². The molecular formula is C27H32F2N6O. The zero-order valence-corrected chi connectivity index (χ0v) is 20.3. The first-order valence-corrected chi connectivity index (χ1v) is 12.5.